The van der Waals surface area contributed by atoms with E-state index in [0.717, 1.165) is 35.2 Å². The maximum Gasteiger partial charge on any atom is 0.229 e. The predicted octanol–water partition coefficient (Wildman–Crippen LogP) is 5.13. The zero-order valence-electron chi connectivity index (χ0n) is 20.6. The molecule has 1 aliphatic rings. The summed E-state index contributed by atoms with van der Waals surface area (Å²) in [5, 5.41) is 10.8. The minimum atomic E-state index is -0.446. The van der Waals surface area contributed by atoms with Crippen molar-refractivity contribution in [2.24, 2.45) is 7.05 Å². The van der Waals surface area contributed by atoms with Gasteiger partial charge in [-0.05, 0) is 77.8 Å². The van der Waals surface area contributed by atoms with E-state index in [1.807, 2.05) is 37.6 Å². The first-order valence-electron chi connectivity index (χ1n) is 11.3. The van der Waals surface area contributed by atoms with E-state index >= 15 is 0 Å². The van der Waals surface area contributed by atoms with Crippen LogP contribution in [0.3, 0.4) is 0 Å². The van der Waals surface area contributed by atoms with Crippen molar-refractivity contribution in [3.63, 3.8) is 0 Å². The first kappa shape index (κ1) is 23.2. The van der Waals surface area contributed by atoms with Crippen LogP contribution in [0, 0.1) is 12.7 Å². The van der Waals surface area contributed by atoms with Crippen molar-refractivity contribution in [1.82, 2.24) is 24.6 Å². The zero-order valence-corrected chi connectivity index (χ0v) is 20.6. The fourth-order valence-electron chi connectivity index (χ4n) is 4.95. The number of halogens is 1. The number of aromatic nitrogens is 4. The standard InChI is InChI=1S/C25H34FN7/c1-16-10-18(8-9-20(16)17-13-28-32(6)15-17)30-23-27-14-21(26)22(31-23)29-19-11-24(2,3)33(7)25(4,5)12-19/h8-10,13-15,19H,11-12H2,1-7H3,(H2,27,29,30,31). The average Bonchev–Trinajstić information content (AvgIpc) is 3.14. The van der Waals surface area contributed by atoms with Crippen LogP contribution in [0.2, 0.25) is 0 Å². The Morgan fingerprint density at radius 1 is 1.06 bits per heavy atom. The summed E-state index contributed by atoms with van der Waals surface area (Å²) in [5.41, 5.74) is 4.12. The molecule has 33 heavy (non-hydrogen) atoms. The van der Waals surface area contributed by atoms with Crippen molar-refractivity contribution in [2.75, 3.05) is 17.7 Å². The second-order valence-electron chi connectivity index (χ2n) is 10.4. The van der Waals surface area contributed by atoms with Crippen molar-refractivity contribution in [3.05, 3.63) is 48.2 Å². The Hall–Kier alpha value is -3.00. The van der Waals surface area contributed by atoms with E-state index in [1.165, 1.54) is 6.20 Å². The summed E-state index contributed by atoms with van der Waals surface area (Å²) in [6.45, 7) is 11.0. The van der Waals surface area contributed by atoms with Crippen LogP contribution in [0.25, 0.3) is 11.1 Å². The highest BCUT2D eigenvalue weighted by Gasteiger charge is 2.43. The third-order valence-corrected chi connectivity index (χ3v) is 6.89. The van der Waals surface area contributed by atoms with Gasteiger partial charge in [-0.25, -0.2) is 9.37 Å². The molecule has 7 nitrogen and oxygen atoms in total. The summed E-state index contributed by atoms with van der Waals surface area (Å²) in [6.07, 6.45) is 6.85. The largest absolute Gasteiger partial charge is 0.365 e. The summed E-state index contributed by atoms with van der Waals surface area (Å²) < 4.78 is 16.4. The summed E-state index contributed by atoms with van der Waals surface area (Å²) in [7, 11) is 4.06. The van der Waals surface area contributed by atoms with Crippen LogP contribution in [0.4, 0.5) is 21.8 Å². The Kier molecular flexibility index (Phi) is 5.90. The van der Waals surface area contributed by atoms with Crippen molar-refractivity contribution < 1.29 is 4.39 Å². The van der Waals surface area contributed by atoms with Gasteiger partial charge in [-0.2, -0.15) is 10.1 Å². The lowest BCUT2D eigenvalue weighted by molar-refractivity contribution is -0.00778. The van der Waals surface area contributed by atoms with Gasteiger partial charge in [0.1, 0.15) is 0 Å². The van der Waals surface area contributed by atoms with Gasteiger partial charge in [-0.3, -0.25) is 9.58 Å². The number of likely N-dealkylation sites (tertiary alicyclic amines) is 1. The third-order valence-electron chi connectivity index (χ3n) is 6.89. The Balaban J connectivity index is 1.51. The predicted molar refractivity (Wildman–Crippen MR) is 131 cm³/mol. The molecule has 3 aromatic rings. The molecule has 1 saturated heterocycles. The Morgan fingerprint density at radius 3 is 2.36 bits per heavy atom. The van der Waals surface area contributed by atoms with Gasteiger partial charge in [0.25, 0.3) is 0 Å². The van der Waals surface area contributed by atoms with E-state index in [4.69, 9.17) is 0 Å². The van der Waals surface area contributed by atoms with Crippen LogP contribution in [0.1, 0.15) is 46.1 Å². The molecule has 0 unspecified atom stereocenters. The summed E-state index contributed by atoms with van der Waals surface area (Å²) in [5.74, 6) is 0.148. The first-order chi connectivity index (χ1) is 15.4. The zero-order chi connectivity index (χ0) is 24.0. The molecular formula is C25H34FN7. The molecular weight excluding hydrogens is 417 g/mol. The van der Waals surface area contributed by atoms with Crippen LogP contribution < -0.4 is 10.6 Å². The van der Waals surface area contributed by atoms with Gasteiger partial charge in [0, 0.05) is 41.6 Å². The van der Waals surface area contributed by atoms with Gasteiger partial charge in [-0.15, -0.1) is 0 Å². The Bertz CT molecular complexity index is 1130. The molecule has 0 aliphatic carbocycles. The Morgan fingerprint density at radius 2 is 1.76 bits per heavy atom. The van der Waals surface area contributed by atoms with Crippen molar-refractivity contribution >= 4 is 17.5 Å². The van der Waals surface area contributed by atoms with E-state index in [9.17, 15) is 4.39 Å². The highest BCUT2D eigenvalue weighted by Crippen LogP contribution is 2.38. The summed E-state index contributed by atoms with van der Waals surface area (Å²) in [6, 6.07) is 6.16. The monoisotopic (exact) mass is 451 g/mol. The lowest BCUT2D eigenvalue weighted by Crippen LogP contribution is -2.61. The smallest absolute Gasteiger partial charge is 0.229 e. The van der Waals surface area contributed by atoms with E-state index < -0.39 is 5.82 Å². The fraction of sp³-hybridized carbons (Fsp3) is 0.480. The van der Waals surface area contributed by atoms with Crippen molar-refractivity contribution in [2.45, 2.75) is 64.6 Å². The van der Waals surface area contributed by atoms with E-state index in [1.54, 1.807) is 4.68 Å². The number of rotatable bonds is 5. The molecule has 1 aromatic carbocycles. The second kappa shape index (κ2) is 8.41. The lowest BCUT2D eigenvalue weighted by atomic mass is 9.77. The van der Waals surface area contributed by atoms with Gasteiger partial charge in [0.15, 0.2) is 11.6 Å². The third kappa shape index (κ3) is 4.85. The van der Waals surface area contributed by atoms with Gasteiger partial charge >= 0.3 is 0 Å². The number of piperidine rings is 1. The van der Waals surface area contributed by atoms with Crippen LogP contribution in [-0.4, -0.2) is 48.8 Å². The first-order valence-corrected chi connectivity index (χ1v) is 11.3. The molecule has 4 rings (SSSR count). The topological polar surface area (TPSA) is 70.9 Å². The van der Waals surface area contributed by atoms with Gasteiger partial charge in [0.05, 0.1) is 12.4 Å². The number of hydrogen-bond donors (Lipinski definition) is 2. The molecule has 176 valence electrons. The number of nitrogens with one attached hydrogen (secondary N) is 2. The minimum absolute atomic E-state index is 0.00243. The van der Waals surface area contributed by atoms with Crippen LogP contribution in [0.15, 0.2) is 36.8 Å². The molecule has 2 aromatic heterocycles. The van der Waals surface area contributed by atoms with E-state index in [-0.39, 0.29) is 22.9 Å². The van der Waals surface area contributed by atoms with Crippen LogP contribution in [-0.2, 0) is 7.05 Å². The second-order valence-corrected chi connectivity index (χ2v) is 10.4. The van der Waals surface area contributed by atoms with E-state index in [2.05, 4.69) is 72.3 Å². The van der Waals surface area contributed by atoms with Crippen molar-refractivity contribution in [1.29, 1.82) is 0 Å². The van der Waals surface area contributed by atoms with Crippen LogP contribution >= 0.6 is 0 Å². The molecule has 0 atom stereocenters. The minimum Gasteiger partial charge on any atom is -0.365 e. The molecule has 1 aliphatic heterocycles. The maximum atomic E-state index is 14.6. The molecule has 0 spiro atoms. The normalized spacial score (nSPS) is 18.3. The molecule has 2 N–H and O–H groups in total. The van der Waals surface area contributed by atoms with E-state index in [0.29, 0.717) is 5.95 Å². The van der Waals surface area contributed by atoms with Gasteiger partial charge < -0.3 is 10.6 Å². The fourth-order valence-corrected chi connectivity index (χ4v) is 4.95. The van der Waals surface area contributed by atoms with Crippen LogP contribution in [0.5, 0.6) is 0 Å². The molecule has 0 radical (unpaired) electrons. The highest BCUT2D eigenvalue weighted by atomic mass is 19.1. The average molecular weight is 452 g/mol. The highest BCUT2D eigenvalue weighted by molar-refractivity contribution is 5.70. The lowest BCUT2D eigenvalue weighted by Gasteiger charge is -2.53. The van der Waals surface area contributed by atoms with Crippen molar-refractivity contribution in [3.8, 4) is 11.1 Å². The maximum absolute atomic E-state index is 14.6. The number of benzene rings is 1. The molecule has 0 bridgehead atoms. The quantitative estimate of drug-likeness (QED) is 0.560. The SMILES string of the molecule is Cc1cc(Nc2ncc(F)c(NC3CC(C)(C)N(C)C(C)(C)C3)n2)ccc1-c1cnn(C)c1. The van der Waals surface area contributed by atoms with Gasteiger partial charge in [-0.1, -0.05) is 6.07 Å². The Labute approximate surface area is 195 Å². The summed E-state index contributed by atoms with van der Waals surface area (Å²) >= 11 is 0. The number of hydrogen-bond acceptors (Lipinski definition) is 6. The number of aryl methyl sites for hydroxylation is 2. The molecule has 0 amide bonds. The number of anilines is 3. The molecule has 1 fully saturated rings. The summed E-state index contributed by atoms with van der Waals surface area (Å²) in [4.78, 5) is 11.0. The molecule has 3 heterocycles. The molecule has 0 saturated carbocycles. The number of nitrogens with zero attached hydrogens (tertiary/aromatic N) is 5. The van der Waals surface area contributed by atoms with Gasteiger partial charge in [0.2, 0.25) is 5.95 Å². The molecule has 8 heteroatoms.